The molecule has 0 fully saturated rings. The van der Waals surface area contributed by atoms with E-state index in [2.05, 4.69) is 419 Å². The van der Waals surface area contributed by atoms with Gasteiger partial charge >= 0.3 is 0 Å². The van der Waals surface area contributed by atoms with Crippen LogP contribution >= 0.6 is 0 Å². The maximum atomic E-state index is 5.41. The molecule has 0 saturated carbocycles. The number of benzene rings is 20. The van der Waals surface area contributed by atoms with Crippen LogP contribution in [0.25, 0.3) is 242 Å². The Morgan fingerprint density at radius 1 is 0.167 bits per heavy atom. The molecule has 8 heteroatoms. The highest BCUT2D eigenvalue weighted by Gasteiger charge is 2.26. The van der Waals surface area contributed by atoms with Crippen LogP contribution in [0, 0.1) is 0 Å². The Morgan fingerprint density at radius 3 is 1.13 bits per heavy atom. The lowest BCUT2D eigenvalue weighted by atomic mass is 9.99. The predicted octanol–water partition coefficient (Wildman–Crippen LogP) is 29.2. The van der Waals surface area contributed by atoms with E-state index in [-0.39, 0.29) is 0 Å². The van der Waals surface area contributed by atoms with Crippen molar-refractivity contribution < 1.29 is 0 Å². The van der Waals surface area contributed by atoms with Gasteiger partial charge < -0.3 is 18.3 Å². The number of hydrogen-bond donors (Lipinski definition) is 0. The van der Waals surface area contributed by atoms with E-state index in [0.29, 0.717) is 11.6 Å². The van der Waals surface area contributed by atoms with E-state index >= 15 is 0 Å². The first kappa shape index (κ1) is 67.2. The lowest BCUT2D eigenvalue weighted by Crippen LogP contribution is -1.99. The van der Waals surface area contributed by atoms with Crippen LogP contribution in [0.15, 0.2) is 413 Å². The SMILES string of the molecule is c1ccc(-c2nc(-c3ccc(-n4c5cc6ccccc6cc5c5c(-n6c7ccccc7c7c8ccccc8ccc76)cccc54)cc3)nc3ccccc23)cc1.c1ccc2cc(-c3nc(-c4ccc(-n5c6cc7ccccc7cc6c6c(-n7c8ccccc8c8c9ccccc9ccc87)cccc65)c5ccccc45)nc4ccccc34)ccc2c1. The Kier molecular flexibility index (Phi) is 15.0. The zero-order chi connectivity index (χ0) is 78.6. The number of para-hydroxylation sites is 4. The fourth-order valence-corrected chi connectivity index (χ4v) is 19.6. The molecule has 6 heterocycles. The number of fused-ring (bicyclic) bond motifs is 22. The van der Waals surface area contributed by atoms with Crippen LogP contribution in [0.1, 0.15) is 0 Å². The zero-order valence-corrected chi connectivity index (χ0v) is 64.8. The fraction of sp³-hybridized carbons (Fsp3) is 0. The molecule has 120 heavy (non-hydrogen) atoms. The van der Waals surface area contributed by atoms with Gasteiger partial charge in [0.15, 0.2) is 11.6 Å². The Bertz CT molecular complexity index is 8810. The molecule has 556 valence electrons. The minimum Gasteiger partial charge on any atom is -0.309 e. The fourth-order valence-electron chi connectivity index (χ4n) is 19.6. The first-order valence-electron chi connectivity index (χ1n) is 41.0. The van der Waals surface area contributed by atoms with Crippen molar-refractivity contribution in [1.29, 1.82) is 0 Å². The van der Waals surface area contributed by atoms with Gasteiger partial charge in [0.2, 0.25) is 0 Å². The van der Waals surface area contributed by atoms with Crippen molar-refractivity contribution >= 4 is 174 Å². The highest BCUT2D eigenvalue weighted by Crippen LogP contribution is 2.48. The minimum atomic E-state index is 0.707. The second-order valence-electron chi connectivity index (χ2n) is 31.5. The summed E-state index contributed by atoms with van der Waals surface area (Å²) in [7, 11) is 0. The largest absolute Gasteiger partial charge is 0.309 e. The smallest absolute Gasteiger partial charge is 0.161 e. The second-order valence-corrected chi connectivity index (χ2v) is 31.5. The van der Waals surface area contributed by atoms with Crippen LogP contribution in [-0.2, 0) is 0 Å². The quantitative estimate of drug-likeness (QED) is 0.152. The minimum absolute atomic E-state index is 0.707. The number of aromatic nitrogens is 8. The molecule has 0 bridgehead atoms. The molecular formula is C112H68N8. The van der Waals surface area contributed by atoms with Crippen LogP contribution < -0.4 is 0 Å². The third kappa shape index (κ3) is 10.4. The topological polar surface area (TPSA) is 71.3 Å². The van der Waals surface area contributed by atoms with Gasteiger partial charge in [-0.1, -0.05) is 285 Å². The summed E-state index contributed by atoms with van der Waals surface area (Å²) < 4.78 is 9.87. The van der Waals surface area contributed by atoms with Crippen molar-refractivity contribution in [1.82, 2.24) is 38.2 Å². The molecule has 0 aliphatic rings. The maximum Gasteiger partial charge on any atom is 0.161 e. The zero-order valence-electron chi connectivity index (χ0n) is 64.8. The van der Waals surface area contributed by atoms with Gasteiger partial charge in [-0.2, -0.15) is 0 Å². The van der Waals surface area contributed by atoms with Gasteiger partial charge in [-0.3, -0.25) is 0 Å². The van der Waals surface area contributed by atoms with E-state index in [4.69, 9.17) is 19.9 Å². The first-order valence-corrected chi connectivity index (χ1v) is 41.0. The van der Waals surface area contributed by atoms with Crippen molar-refractivity contribution in [2.45, 2.75) is 0 Å². The monoisotopic (exact) mass is 1520 g/mol. The summed E-state index contributed by atoms with van der Waals surface area (Å²) in [4.78, 5) is 20.9. The lowest BCUT2D eigenvalue weighted by Gasteiger charge is -2.16. The Morgan fingerprint density at radius 2 is 0.558 bits per heavy atom. The van der Waals surface area contributed by atoms with Gasteiger partial charge in [-0.05, 0) is 187 Å². The van der Waals surface area contributed by atoms with E-state index in [0.717, 1.165) is 106 Å². The summed E-state index contributed by atoms with van der Waals surface area (Å²) >= 11 is 0. The van der Waals surface area contributed by atoms with Crippen molar-refractivity contribution in [3.63, 3.8) is 0 Å². The third-order valence-electron chi connectivity index (χ3n) is 24.9. The van der Waals surface area contributed by atoms with E-state index in [1.54, 1.807) is 0 Å². The molecule has 20 aromatic carbocycles. The normalized spacial score (nSPS) is 12.0. The first-order chi connectivity index (χ1) is 59.5. The lowest BCUT2D eigenvalue weighted by molar-refractivity contribution is 1.17. The Hall–Kier alpha value is -16.2. The van der Waals surface area contributed by atoms with Crippen LogP contribution in [-0.4, -0.2) is 38.2 Å². The van der Waals surface area contributed by atoms with E-state index in [9.17, 15) is 0 Å². The van der Waals surface area contributed by atoms with Crippen LogP contribution in [0.3, 0.4) is 0 Å². The molecule has 0 atom stereocenters. The average Bonchev–Trinajstić information content (AvgIpc) is 1.55. The molecule has 0 aliphatic heterocycles. The number of rotatable bonds is 8. The predicted molar refractivity (Wildman–Crippen MR) is 503 cm³/mol. The summed E-state index contributed by atoms with van der Waals surface area (Å²) in [5, 5.41) is 26.5. The molecule has 0 spiro atoms. The molecule has 0 amide bonds. The van der Waals surface area contributed by atoms with Gasteiger partial charge in [-0.15, -0.1) is 0 Å². The second kappa shape index (κ2) is 26.7. The standard InChI is InChI=1S/C60H36N4.C52H32N4/c1-2-16-39-34-42(29-28-37(39)14-1)59-47-22-9-11-24-50(47)61-60(62-59)46-31-33-52(45-21-8-7-20-44(45)46)64-54-27-13-26-53(58(54)49-35-40-17-3-4-18-41(40)36-56(49)64)63-51-25-12-10-23-48(51)57-43-19-6-5-15-38(43)30-32-55(57)63;1-2-14-34(15-3-1)51-40-19-8-10-21-43(40)53-52(54-51)35-25-28-38(29-26-35)55-45-23-12-24-46(50(45)42-31-36-16-4-5-17-37(36)32-48(42)55)56-44-22-11-9-20-41(44)49-39-18-7-6-13-33(39)27-30-47(49)56/h1-36H;1-32H. The van der Waals surface area contributed by atoms with E-state index < -0.39 is 0 Å². The summed E-state index contributed by atoms with van der Waals surface area (Å²) in [5.74, 6) is 1.42. The van der Waals surface area contributed by atoms with Gasteiger partial charge in [0.05, 0.1) is 83.6 Å². The highest BCUT2D eigenvalue weighted by atomic mass is 15.0. The Balaban J connectivity index is 0.000000134. The molecule has 0 radical (unpaired) electrons. The number of hydrogen-bond acceptors (Lipinski definition) is 4. The van der Waals surface area contributed by atoms with Crippen LogP contribution in [0.2, 0.25) is 0 Å². The summed E-state index contributed by atoms with van der Waals surface area (Å²) in [6.45, 7) is 0. The average molecular weight is 1530 g/mol. The van der Waals surface area contributed by atoms with Crippen molar-refractivity contribution in [3.05, 3.63) is 413 Å². The van der Waals surface area contributed by atoms with Crippen LogP contribution in [0.4, 0.5) is 0 Å². The van der Waals surface area contributed by atoms with Gasteiger partial charge in [0, 0.05) is 87.2 Å². The summed E-state index contributed by atoms with van der Waals surface area (Å²) in [6.07, 6.45) is 0. The molecule has 26 rings (SSSR count). The van der Waals surface area contributed by atoms with Gasteiger partial charge in [0.25, 0.3) is 0 Å². The third-order valence-corrected chi connectivity index (χ3v) is 24.9. The van der Waals surface area contributed by atoms with Gasteiger partial charge in [0.1, 0.15) is 0 Å². The van der Waals surface area contributed by atoms with Crippen LogP contribution in [0.5, 0.6) is 0 Å². The Labute approximate surface area is 687 Å². The van der Waals surface area contributed by atoms with Crippen molar-refractivity contribution in [2.24, 2.45) is 0 Å². The van der Waals surface area contributed by atoms with E-state index in [1.807, 2.05) is 12.1 Å². The molecule has 6 aromatic heterocycles. The summed E-state index contributed by atoms with van der Waals surface area (Å²) in [5.41, 5.74) is 21.8. The van der Waals surface area contributed by atoms with Crippen molar-refractivity contribution in [2.75, 3.05) is 0 Å². The molecular weight excluding hydrogens is 1460 g/mol. The molecule has 0 aliphatic carbocycles. The number of nitrogens with zero attached hydrogens (tertiary/aromatic N) is 8. The maximum absolute atomic E-state index is 5.41. The molecule has 26 aromatic rings. The summed E-state index contributed by atoms with van der Waals surface area (Å²) in [6, 6.07) is 149. The van der Waals surface area contributed by atoms with E-state index in [1.165, 1.54) is 125 Å². The molecule has 8 nitrogen and oxygen atoms in total. The molecule has 0 saturated heterocycles. The van der Waals surface area contributed by atoms with Crippen molar-refractivity contribution in [3.8, 4) is 68.0 Å². The molecule has 0 N–H and O–H groups in total. The highest BCUT2D eigenvalue weighted by molar-refractivity contribution is 6.26. The van der Waals surface area contributed by atoms with Gasteiger partial charge in [-0.25, -0.2) is 19.9 Å². The molecule has 0 unspecified atom stereocenters.